The monoisotopic (exact) mass is 296 g/mol. The van der Waals surface area contributed by atoms with Crippen LogP contribution in [0.1, 0.15) is 39.2 Å². The number of benzene rings is 1. The first-order valence-electron chi connectivity index (χ1n) is 7.89. The highest BCUT2D eigenvalue weighted by Crippen LogP contribution is 2.29. The number of piperazine rings is 1. The molecule has 0 aromatic heterocycles. The molecule has 0 amide bonds. The number of nitrogens with one attached hydrogen (secondary N) is 1. The van der Waals surface area contributed by atoms with Crippen molar-refractivity contribution in [1.82, 2.24) is 5.32 Å². The second kappa shape index (κ2) is 6.73. The summed E-state index contributed by atoms with van der Waals surface area (Å²) in [6, 6.07) is 3.19. The summed E-state index contributed by atoms with van der Waals surface area (Å²) in [4.78, 5) is 2.05. The standard InChI is InChI=1S/C17H26F2N2/c1-5-6-13-10-21(17(9-20-13)11(2)3)16-8-14(18)12(4)7-15(16)19/h7-8,11,13,17,20H,5-6,9-10H2,1-4H3. The number of rotatable bonds is 4. The third-order valence-electron chi connectivity index (χ3n) is 4.38. The van der Waals surface area contributed by atoms with Crippen molar-refractivity contribution in [2.75, 3.05) is 18.0 Å². The van der Waals surface area contributed by atoms with Gasteiger partial charge in [0.2, 0.25) is 0 Å². The van der Waals surface area contributed by atoms with Crippen LogP contribution in [0.4, 0.5) is 14.5 Å². The molecular formula is C17H26F2N2. The van der Waals surface area contributed by atoms with E-state index in [4.69, 9.17) is 0 Å². The predicted molar refractivity (Wildman–Crippen MR) is 83.8 cm³/mol. The molecule has 2 rings (SSSR count). The van der Waals surface area contributed by atoms with Crippen LogP contribution in [0, 0.1) is 24.5 Å². The van der Waals surface area contributed by atoms with E-state index < -0.39 is 0 Å². The molecule has 1 N–H and O–H groups in total. The maximum Gasteiger partial charge on any atom is 0.146 e. The number of anilines is 1. The zero-order valence-corrected chi connectivity index (χ0v) is 13.4. The van der Waals surface area contributed by atoms with Crippen LogP contribution in [-0.2, 0) is 0 Å². The number of aryl methyl sites for hydroxylation is 1. The Hall–Kier alpha value is -1.16. The molecule has 2 unspecified atom stereocenters. The first kappa shape index (κ1) is 16.2. The highest BCUT2D eigenvalue weighted by molar-refractivity contribution is 5.51. The lowest BCUT2D eigenvalue weighted by Crippen LogP contribution is -2.58. The van der Waals surface area contributed by atoms with Crippen molar-refractivity contribution in [1.29, 1.82) is 0 Å². The SMILES string of the molecule is CCCC1CN(c2cc(F)c(C)cc2F)C(C(C)C)CN1. The van der Waals surface area contributed by atoms with E-state index in [-0.39, 0.29) is 17.7 Å². The molecule has 1 aliphatic heterocycles. The molecule has 1 aromatic carbocycles. The summed E-state index contributed by atoms with van der Waals surface area (Å²) in [6.45, 7) is 9.55. The van der Waals surface area contributed by atoms with E-state index in [1.54, 1.807) is 6.92 Å². The molecule has 0 saturated carbocycles. The van der Waals surface area contributed by atoms with Gasteiger partial charge in [-0.05, 0) is 30.9 Å². The molecule has 2 nitrogen and oxygen atoms in total. The molecular weight excluding hydrogens is 270 g/mol. The lowest BCUT2D eigenvalue weighted by atomic mass is 9.96. The fourth-order valence-electron chi connectivity index (χ4n) is 3.11. The third-order valence-corrected chi connectivity index (χ3v) is 4.38. The van der Waals surface area contributed by atoms with Crippen molar-refractivity contribution < 1.29 is 8.78 Å². The molecule has 0 radical (unpaired) electrons. The first-order chi connectivity index (χ1) is 9.93. The van der Waals surface area contributed by atoms with Gasteiger partial charge in [-0.1, -0.05) is 27.2 Å². The van der Waals surface area contributed by atoms with Crippen molar-refractivity contribution in [3.05, 3.63) is 29.3 Å². The number of halogens is 2. The third kappa shape index (κ3) is 3.54. The zero-order chi connectivity index (χ0) is 15.6. The van der Waals surface area contributed by atoms with Gasteiger partial charge in [-0.25, -0.2) is 8.78 Å². The highest BCUT2D eigenvalue weighted by Gasteiger charge is 2.31. The van der Waals surface area contributed by atoms with Gasteiger partial charge in [-0.15, -0.1) is 0 Å². The molecule has 4 heteroatoms. The first-order valence-corrected chi connectivity index (χ1v) is 7.89. The largest absolute Gasteiger partial charge is 0.363 e. The van der Waals surface area contributed by atoms with Crippen molar-refractivity contribution >= 4 is 5.69 Å². The summed E-state index contributed by atoms with van der Waals surface area (Å²) >= 11 is 0. The Bertz CT molecular complexity index is 488. The van der Waals surface area contributed by atoms with Gasteiger partial charge in [0, 0.05) is 31.2 Å². The Morgan fingerprint density at radius 3 is 2.62 bits per heavy atom. The lowest BCUT2D eigenvalue weighted by molar-refractivity contribution is 0.324. The van der Waals surface area contributed by atoms with Gasteiger partial charge in [0.05, 0.1) is 5.69 Å². The molecule has 0 aliphatic carbocycles. The number of nitrogens with zero attached hydrogens (tertiary/aromatic N) is 1. The lowest BCUT2D eigenvalue weighted by Gasteiger charge is -2.44. The second-order valence-electron chi connectivity index (χ2n) is 6.41. The molecule has 2 atom stereocenters. The maximum absolute atomic E-state index is 14.3. The zero-order valence-electron chi connectivity index (χ0n) is 13.4. The van der Waals surface area contributed by atoms with Gasteiger partial charge >= 0.3 is 0 Å². The molecule has 1 heterocycles. The van der Waals surface area contributed by atoms with E-state index in [1.165, 1.54) is 12.1 Å². The number of hydrogen-bond donors (Lipinski definition) is 1. The van der Waals surface area contributed by atoms with Gasteiger partial charge in [0.1, 0.15) is 11.6 Å². The molecule has 1 fully saturated rings. The molecule has 0 spiro atoms. The molecule has 21 heavy (non-hydrogen) atoms. The van der Waals surface area contributed by atoms with Crippen LogP contribution >= 0.6 is 0 Å². The minimum atomic E-state index is -0.334. The Morgan fingerprint density at radius 2 is 2.00 bits per heavy atom. The van der Waals surface area contributed by atoms with Gasteiger partial charge in [-0.3, -0.25) is 0 Å². The molecule has 0 bridgehead atoms. The van der Waals surface area contributed by atoms with E-state index >= 15 is 0 Å². The van der Waals surface area contributed by atoms with Crippen molar-refractivity contribution in [3.8, 4) is 0 Å². The van der Waals surface area contributed by atoms with Crippen LogP contribution in [0.15, 0.2) is 12.1 Å². The van der Waals surface area contributed by atoms with Gasteiger partial charge in [0.15, 0.2) is 0 Å². The van der Waals surface area contributed by atoms with Crippen LogP contribution in [0.5, 0.6) is 0 Å². The molecule has 1 aliphatic rings. The Morgan fingerprint density at radius 1 is 1.29 bits per heavy atom. The molecule has 1 aromatic rings. The second-order valence-corrected chi connectivity index (χ2v) is 6.41. The van der Waals surface area contributed by atoms with E-state index in [9.17, 15) is 8.78 Å². The molecule has 118 valence electrons. The highest BCUT2D eigenvalue weighted by atomic mass is 19.1. The van der Waals surface area contributed by atoms with Crippen molar-refractivity contribution in [2.24, 2.45) is 5.92 Å². The van der Waals surface area contributed by atoms with Crippen LogP contribution in [0.3, 0.4) is 0 Å². The van der Waals surface area contributed by atoms with E-state index in [0.717, 1.165) is 25.9 Å². The van der Waals surface area contributed by atoms with Gasteiger partial charge in [-0.2, -0.15) is 0 Å². The minimum Gasteiger partial charge on any atom is -0.363 e. The fraction of sp³-hybridized carbons (Fsp3) is 0.647. The normalized spacial score (nSPS) is 22.9. The minimum absolute atomic E-state index is 0.190. The van der Waals surface area contributed by atoms with Crippen molar-refractivity contribution in [3.63, 3.8) is 0 Å². The smallest absolute Gasteiger partial charge is 0.146 e. The summed E-state index contributed by atoms with van der Waals surface area (Å²) in [5.41, 5.74) is 0.761. The summed E-state index contributed by atoms with van der Waals surface area (Å²) in [7, 11) is 0. The van der Waals surface area contributed by atoms with E-state index in [0.29, 0.717) is 23.2 Å². The summed E-state index contributed by atoms with van der Waals surface area (Å²) in [5, 5.41) is 3.54. The summed E-state index contributed by atoms with van der Waals surface area (Å²) < 4.78 is 28.2. The van der Waals surface area contributed by atoms with Crippen LogP contribution in [0.25, 0.3) is 0 Å². The molecule has 1 saturated heterocycles. The Balaban J connectivity index is 2.33. The van der Waals surface area contributed by atoms with Gasteiger partial charge < -0.3 is 10.2 Å². The average molecular weight is 296 g/mol. The fourth-order valence-corrected chi connectivity index (χ4v) is 3.11. The Labute approximate surface area is 126 Å². The van der Waals surface area contributed by atoms with Crippen LogP contribution < -0.4 is 10.2 Å². The maximum atomic E-state index is 14.3. The summed E-state index contributed by atoms with van der Waals surface area (Å²) in [6.07, 6.45) is 2.14. The Kier molecular flexibility index (Phi) is 5.20. The topological polar surface area (TPSA) is 15.3 Å². The van der Waals surface area contributed by atoms with E-state index in [1.807, 2.05) is 0 Å². The number of hydrogen-bond acceptors (Lipinski definition) is 2. The predicted octanol–water partition coefficient (Wildman–Crippen LogP) is 3.88. The van der Waals surface area contributed by atoms with Gasteiger partial charge in [0.25, 0.3) is 0 Å². The van der Waals surface area contributed by atoms with E-state index in [2.05, 4.69) is 31.0 Å². The van der Waals surface area contributed by atoms with Crippen LogP contribution in [0.2, 0.25) is 0 Å². The van der Waals surface area contributed by atoms with Crippen molar-refractivity contribution in [2.45, 2.75) is 52.6 Å². The average Bonchev–Trinajstić information content (AvgIpc) is 2.43. The quantitative estimate of drug-likeness (QED) is 0.907. The van der Waals surface area contributed by atoms with Crippen LogP contribution in [-0.4, -0.2) is 25.2 Å². The summed E-state index contributed by atoms with van der Waals surface area (Å²) in [5.74, 6) is -0.278.